The van der Waals surface area contributed by atoms with Crippen LogP contribution in [0.4, 0.5) is 14.5 Å². The highest BCUT2D eigenvalue weighted by molar-refractivity contribution is 5.94. The van der Waals surface area contributed by atoms with Crippen LogP contribution in [0.15, 0.2) is 85.3 Å². The molecule has 0 saturated carbocycles. The molecule has 1 amide bonds. The van der Waals surface area contributed by atoms with Crippen LogP contribution in [0.1, 0.15) is 21.5 Å². The summed E-state index contributed by atoms with van der Waals surface area (Å²) in [4.78, 5) is 20.9. The fourth-order valence-electron chi connectivity index (χ4n) is 3.37. The predicted octanol–water partition coefficient (Wildman–Crippen LogP) is 5.01. The number of benzene rings is 2. The summed E-state index contributed by atoms with van der Waals surface area (Å²) in [6, 6.07) is 18.8. The van der Waals surface area contributed by atoms with Crippen LogP contribution in [0, 0.1) is 11.6 Å². The van der Waals surface area contributed by atoms with Crippen LogP contribution in [0.5, 0.6) is 0 Å². The first kappa shape index (κ1) is 22.1. The molecule has 0 radical (unpaired) electrons. The second kappa shape index (κ2) is 10.5. The van der Waals surface area contributed by atoms with Gasteiger partial charge in [0.25, 0.3) is 5.91 Å². The van der Waals surface area contributed by atoms with Gasteiger partial charge in [0.05, 0.1) is 11.3 Å². The lowest BCUT2D eigenvalue weighted by atomic mass is 10.1. The summed E-state index contributed by atoms with van der Waals surface area (Å²) in [5.41, 5.74) is 4.55. The zero-order chi connectivity index (χ0) is 23.0. The third-order valence-electron chi connectivity index (χ3n) is 5.12. The minimum atomic E-state index is -0.850. The number of nitrogens with one attached hydrogen (secondary N) is 2. The molecular formula is C26H22F2N4O. The fourth-order valence-corrected chi connectivity index (χ4v) is 3.37. The minimum absolute atomic E-state index is 0.212. The molecule has 0 aliphatic rings. The number of para-hydroxylation sites is 1. The molecule has 2 N–H and O–H groups in total. The molecule has 0 aliphatic carbocycles. The molecule has 0 saturated heterocycles. The summed E-state index contributed by atoms with van der Waals surface area (Å²) in [5.74, 6) is -1.91. The molecule has 0 bridgehead atoms. The van der Waals surface area contributed by atoms with Crippen LogP contribution in [-0.2, 0) is 13.0 Å². The number of aromatic nitrogens is 2. The van der Waals surface area contributed by atoms with E-state index in [-0.39, 0.29) is 5.91 Å². The molecule has 33 heavy (non-hydrogen) atoms. The van der Waals surface area contributed by atoms with Crippen molar-refractivity contribution in [2.75, 3.05) is 11.9 Å². The molecule has 0 fully saturated rings. The largest absolute Gasteiger partial charge is 0.384 e. The van der Waals surface area contributed by atoms with Gasteiger partial charge in [-0.1, -0.05) is 30.3 Å². The Morgan fingerprint density at radius 1 is 0.879 bits per heavy atom. The number of amides is 1. The average molecular weight is 444 g/mol. The van der Waals surface area contributed by atoms with Gasteiger partial charge in [0.2, 0.25) is 0 Å². The van der Waals surface area contributed by atoms with E-state index in [2.05, 4.69) is 20.6 Å². The van der Waals surface area contributed by atoms with Crippen molar-refractivity contribution < 1.29 is 13.6 Å². The average Bonchev–Trinajstić information content (AvgIpc) is 2.86. The molecular weight excluding hydrogens is 422 g/mol. The van der Waals surface area contributed by atoms with Gasteiger partial charge in [-0.25, -0.2) is 8.78 Å². The van der Waals surface area contributed by atoms with Crippen molar-refractivity contribution in [3.8, 4) is 11.3 Å². The summed E-state index contributed by atoms with van der Waals surface area (Å²) >= 11 is 0. The molecule has 0 atom stereocenters. The number of anilines is 1. The zero-order valence-corrected chi connectivity index (χ0v) is 17.8. The maximum atomic E-state index is 13.4. The van der Waals surface area contributed by atoms with Gasteiger partial charge in [0, 0.05) is 42.9 Å². The van der Waals surface area contributed by atoms with Crippen molar-refractivity contribution in [1.82, 2.24) is 15.3 Å². The van der Waals surface area contributed by atoms with Crippen LogP contribution in [-0.4, -0.2) is 22.4 Å². The summed E-state index contributed by atoms with van der Waals surface area (Å²) in [6.07, 6.45) is 5.47. The Labute approximate surface area is 190 Å². The Kier molecular flexibility index (Phi) is 6.99. The van der Waals surface area contributed by atoms with Gasteiger partial charge >= 0.3 is 0 Å². The normalized spacial score (nSPS) is 10.6. The third-order valence-corrected chi connectivity index (χ3v) is 5.12. The first-order valence-electron chi connectivity index (χ1n) is 10.5. The predicted molar refractivity (Wildman–Crippen MR) is 124 cm³/mol. The lowest BCUT2D eigenvalue weighted by Gasteiger charge is -2.12. The van der Waals surface area contributed by atoms with Crippen LogP contribution < -0.4 is 10.6 Å². The standard InChI is InChI=1S/C26H22F2N4O/c27-22-9-7-18(14-23(22)28)11-13-30-24-6-2-1-5-21(24)25-10-8-20(17-31-25)26(33)32-16-19-4-3-12-29-15-19/h1-10,12,14-15,17,30H,11,13,16H2,(H,32,33). The molecule has 7 heteroatoms. The van der Waals surface area contributed by atoms with Crippen molar-refractivity contribution in [2.45, 2.75) is 13.0 Å². The summed E-state index contributed by atoms with van der Waals surface area (Å²) in [5, 5.41) is 6.18. The lowest BCUT2D eigenvalue weighted by Crippen LogP contribution is -2.22. The third kappa shape index (κ3) is 5.77. The van der Waals surface area contributed by atoms with Crippen LogP contribution in [0.3, 0.4) is 0 Å². The molecule has 0 spiro atoms. The van der Waals surface area contributed by atoms with Crippen molar-refractivity contribution in [3.63, 3.8) is 0 Å². The van der Waals surface area contributed by atoms with Crippen molar-refractivity contribution in [1.29, 1.82) is 0 Å². The van der Waals surface area contributed by atoms with E-state index in [0.29, 0.717) is 30.6 Å². The van der Waals surface area contributed by atoms with Gasteiger partial charge < -0.3 is 10.6 Å². The van der Waals surface area contributed by atoms with Crippen molar-refractivity contribution in [3.05, 3.63) is 114 Å². The van der Waals surface area contributed by atoms with E-state index in [1.54, 1.807) is 36.8 Å². The zero-order valence-electron chi connectivity index (χ0n) is 17.8. The van der Waals surface area contributed by atoms with Gasteiger partial charge in [-0.3, -0.25) is 14.8 Å². The number of carbonyl (C=O) groups excluding carboxylic acids is 1. The number of halogens is 2. The second-order valence-corrected chi connectivity index (χ2v) is 7.45. The summed E-state index contributed by atoms with van der Waals surface area (Å²) < 4.78 is 26.5. The van der Waals surface area contributed by atoms with Crippen LogP contribution in [0.2, 0.25) is 0 Å². The minimum Gasteiger partial charge on any atom is -0.384 e. The van der Waals surface area contributed by atoms with Gasteiger partial charge in [-0.05, 0) is 53.9 Å². The SMILES string of the molecule is O=C(NCc1cccnc1)c1ccc(-c2ccccc2NCCc2ccc(F)c(F)c2)nc1. The molecule has 0 aliphatic heterocycles. The number of nitrogens with zero attached hydrogens (tertiary/aromatic N) is 2. The van der Waals surface area contributed by atoms with E-state index in [9.17, 15) is 13.6 Å². The van der Waals surface area contributed by atoms with Crippen LogP contribution in [0.25, 0.3) is 11.3 Å². The lowest BCUT2D eigenvalue weighted by molar-refractivity contribution is 0.0950. The van der Waals surface area contributed by atoms with E-state index < -0.39 is 11.6 Å². The number of hydrogen-bond acceptors (Lipinski definition) is 4. The van der Waals surface area contributed by atoms with Gasteiger partial charge in [0.15, 0.2) is 11.6 Å². The molecule has 4 rings (SSSR count). The first-order chi connectivity index (χ1) is 16.1. The molecule has 2 aromatic carbocycles. The molecule has 5 nitrogen and oxygen atoms in total. The Bertz CT molecular complexity index is 1230. The number of rotatable bonds is 8. The highest BCUT2D eigenvalue weighted by Crippen LogP contribution is 2.26. The van der Waals surface area contributed by atoms with E-state index in [0.717, 1.165) is 28.6 Å². The number of carbonyl (C=O) groups is 1. The first-order valence-corrected chi connectivity index (χ1v) is 10.5. The van der Waals surface area contributed by atoms with E-state index in [4.69, 9.17) is 0 Å². The monoisotopic (exact) mass is 444 g/mol. The Hall–Kier alpha value is -4.13. The Morgan fingerprint density at radius 2 is 1.76 bits per heavy atom. The highest BCUT2D eigenvalue weighted by Gasteiger charge is 2.10. The van der Waals surface area contributed by atoms with Gasteiger partial charge in [-0.15, -0.1) is 0 Å². The fraction of sp³-hybridized carbons (Fsp3) is 0.115. The van der Waals surface area contributed by atoms with Crippen LogP contribution >= 0.6 is 0 Å². The maximum absolute atomic E-state index is 13.4. The number of pyridine rings is 2. The maximum Gasteiger partial charge on any atom is 0.253 e. The summed E-state index contributed by atoms with van der Waals surface area (Å²) in [6.45, 7) is 0.927. The topological polar surface area (TPSA) is 66.9 Å². The summed E-state index contributed by atoms with van der Waals surface area (Å²) in [7, 11) is 0. The van der Waals surface area contributed by atoms with Crippen molar-refractivity contribution in [2.24, 2.45) is 0 Å². The van der Waals surface area contributed by atoms with Crippen molar-refractivity contribution >= 4 is 11.6 Å². The molecule has 2 aromatic heterocycles. The molecule has 166 valence electrons. The Morgan fingerprint density at radius 3 is 2.52 bits per heavy atom. The second-order valence-electron chi connectivity index (χ2n) is 7.45. The quantitative estimate of drug-likeness (QED) is 0.401. The van der Waals surface area contributed by atoms with E-state index in [1.165, 1.54) is 6.07 Å². The van der Waals surface area contributed by atoms with Gasteiger partial charge in [-0.2, -0.15) is 0 Å². The molecule has 2 heterocycles. The smallest absolute Gasteiger partial charge is 0.253 e. The molecule has 4 aromatic rings. The van der Waals surface area contributed by atoms with E-state index in [1.807, 2.05) is 36.4 Å². The Balaban J connectivity index is 1.39. The van der Waals surface area contributed by atoms with E-state index >= 15 is 0 Å². The van der Waals surface area contributed by atoms with Gasteiger partial charge in [0.1, 0.15) is 0 Å². The number of hydrogen-bond donors (Lipinski definition) is 2. The molecule has 0 unspecified atom stereocenters. The highest BCUT2D eigenvalue weighted by atomic mass is 19.2.